The molecule has 1 fully saturated rings. The maximum atomic E-state index is 2.50. The molecule has 2 heteroatoms. The number of para-hydroxylation sites is 1. The van der Waals surface area contributed by atoms with Crippen molar-refractivity contribution >= 4 is 53.3 Å². The predicted octanol–water partition coefficient (Wildman–Crippen LogP) is 15.8. The molecule has 1 saturated carbocycles. The van der Waals surface area contributed by atoms with Gasteiger partial charge in [-0.3, -0.25) is 0 Å². The molecule has 60 heavy (non-hydrogen) atoms. The van der Waals surface area contributed by atoms with Crippen molar-refractivity contribution in [2.24, 2.45) is 0 Å². The number of thiophene rings is 1. The number of benzene rings is 9. The Morgan fingerprint density at radius 1 is 0.433 bits per heavy atom. The summed E-state index contributed by atoms with van der Waals surface area (Å²) in [5.74, 6) is 0.497. The van der Waals surface area contributed by atoms with Crippen LogP contribution in [0.2, 0.25) is 0 Å². The van der Waals surface area contributed by atoms with Crippen LogP contribution in [0.1, 0.15) is 29.0 Å². The highest BCUT2D eigenvalue weighted by Gasteiger charge is 2.58. The molecule has 1 spiro atoms. The quantitative estimate of drug-likeness (QED) is 0.164. The third-order valence-corrected chi connectivity index (χ3v) is 14.8. The SMILES string of the molecule is c1ccc(-c2cccc(C3CC34Cc3ccccc3-c3cc(-c5ccc6c(c5)c5ccccc5n6-c5cccc6sc7ccc(-c8ccccc8)cc7c56)ccc34)c2)cc1. The van der Waals surface area contributed by atoms with Gasteiger partial charge in [0, 0.05) is 36.4 Å². The lowest BCUT2D eigenvalue weighted by Gasteiger charge is -2.30. The van der Waals surface area contributed by atoms with Crippen molar-refractivity contribution in [2.45, 2.75) is 24.2 Å². The second kappa shape index (κ2) is 13.0. The molecule has 0 aliphatic heterocycles. The van der Waals surface area contributed by atoms with E-state index in [2.05, 4.69) is 211 Å². The molecule has 2 aliphatic rings. The summed E-state index contributed by atoms with van der Waals surface area (Å²) in [6.07, 6.45) is 2.26. The van der Waals surface area contributed by atoms with Gasteiger partial charge in [0.1, 0.15) is 0 Å². The van der Waals surface area contributed by atoms with Gasteiger partial charge in [0.05, 0.1) is 16.7 Å². The van der Waals surface area contributed by atoms with E-state index in [1.807, 2.05) is 11.3 Å². The average Bonchev–Trinajstić information content (AvgIpc) is 3.75. The molecule has 2 aromatic heterocycles. The van der Waals surface area contributed by atoms with Crippen molar-refractivity contribution < 1.29 is 0 Å². The zero-order chi connectivity index (χ0) is 39.4. The molecule has 0 radical (unpaired) electrons. The number of fused-ring (bicyclic) bond motifs is 10. The molecule has 2 atom stereocenters. The van der Waals surface area contributed by atoms with Crippen molar-refractivity contribution in [2.75, 3.05) is 0 Å². The predicted molar refractivity (Wildman–Crippen MR) is 255 cm³/mol. The zero-order valence-electron chi connectivity index (χ0n) is 33.0. The summed E-state index contributed by atoms with van der Waals surface area (Å²) >= 11 is 1.88. The molecule has 2 heterocycles. The minimum atomic E-state index is 0.115. The van der Waals surface area contributed by atoms with E-state index in [4.69, 9.17) is 0 Å². The van der Waals surface area contributed by atoms with Crippen LogP contribution in [0.25, 0.3) is 92.2 Å². The van der Waals surface area contributed by atoms with E-state index in [-0.39, 0.29) is 5.41 Å². The lowest BCUT2D eigenvalue weighted by atomic mass is 9.73. The first kappa shape index (κ1) is 33.9. The van der Waals surface area contributed by atoms with E-state index in [1.165, 1.54) is 115 Å². The number of hydrogen-bond donors (Lipinski definition) is 0. The smallest absolute Gasteiger partial charge is 0.0555 e. The molecule has 2 aliphatic carbocycles. The highest BCUT2D eigenvalue weighted by molar-refractivity contribution is 7.25. The van der Waals surface area contributed by atoms with Gasteiger partial charge in [-0.1, -0.05) is 158 Å². The highest BCUT2D eigenvalue weighted by atomic mass is 32.1. The maximum Gasteiger partial charge on any atom is 0.0555 e. The second-order valence-corrected chi connectivity index (χ2v) is 18.0. The van der Waals surface area contributed by atoms with Gasteiger partial charge in [0.2, 0.25) is 0 Å². The molecule has 1 nitrogen and oxygen atoms in total. The Bertz CT molecular complexity index is 3500. The summed E-state index contributed by atoms with van der Waals surface area (Å²) in [5, 5.41) is 5.18. The van der Waals surface area contributed by atoms with Gasteiger partial charge in [-0.2, -0.15) is 0 Å². The van der Waals surface area contributed by atoms with Crippen LogP contribution in [0, 0.1) is 0 Å². The first-order valence-electron chi connectivity index (χ1n) is 21.1. The van der Waals surface area contributed by atoms with Gasteiger partial charge in [0.15, 0.2) is 0 Å². The standard InChI is InChI=1S/C58H39NS/c1-3-13-37(14-4-1)39-18-11-19-43(31-39)51-36-58(51)35-44-17-7-8-20-45(44)47-32-41(25-28-50(47)58)42-26-29-53-48(33-42)46-21-9-10-22-52(46)59(53)54-23-12-24-56-57(54)49-34-40(27-30-55(49)60-56)38-15-5-2-6-16-38/h1-34,51H,35-36H2. The Kier molecular flexibility index (Phi) is 7.35. The van der Waals surface area contributed by atoms with Gasteiger partial charge in [-0.25, -0.2) is 0 Å². The van der Waals surface area contributed by atoms with Crippen LogP contribution in [0.4, 0.5) is 0 Å². The minimum Gasteiger partial charge on any atom is -0.309 e. The summed E-state index contributed by atoms with van der Waals surface area (Å²) in [6, 6.07) is 77.2. The fraction of sp³-hybridized carbons (Fsp3) is 0.0690. The van der Waals surface area contributed by atoms with Gasteiger partial charge in [-0.05, 0) is 128 Å². The molecule has 2 unspecified atom stereocenters. The third-order valence-electron chi connectivity index (χ3n) is 13.7. The van der Waals surface area contributed by atoms with E-state index in [9.17, 15) is 0 Å². The Balaban J connectivity index is 0.939. The van der Waals surface area contributed by atoms with Crippen molar-refractivity contribution in [1.82, 2.24) is 4.57 Å². The van der Waals surface area contributed by atoms with Crippen molar-refractivity contribution in [1.29, 1.82) is 0 Å². The average molecular weight is 782 g/mol. The van der Waals surface area contributed by atoms with Crippen molar-refractivity contribution in [3.8, 4) is 50.2 Å². The minimum absolute atomic E-state index is 0.115. The molecule has 9 aromatic carbocycles. The van der Waals surface area contributed by atoms with Crippen LogP contribution >= 0.6 is 11.3 Å². The van der Waals surface area contributed by atoms with Crippen LogP contribution in [-0.2, 0) is 11.8 Å². The van der Waals surface area contributed by atoms with Gasteiger partial charge in [0.25, 0.3) is 0 Å². The Morgan fingerprint density at radius 3 is 1.95 bits per heavy atom. The summed E-state index contributed by atoms with van der Waals surface area (Å²) in [5.41, 5.74) is 18.6. The Labute approximate surface area is 353 Å². The van der Waals surface area contributed by atoms with Crippen LogP contribution in [0.3, 0.4) is 0 Å². The monoisotopic (exact) mass is 781 g/mol. The van der Waals surface area contributed by atoms with E-state index >= 15 is 0 Å². The summed E-state index contributed by atoms with van der Waals surface area (Å²) in [4.78, 5) is 0. The second-order valence-electron chi connectivity index (χ2n) is 16.9. The molecule has 282 valence electrons. The molecule has 0 saturated heterocycles. The first-order valence-corrected chi connectivity index (χ1v) is 21.9. The largest absolute Gasteiger partial charge is 0.309 e. The van der Waals surface area contributed by atoms with Crippen LogP contribution in [0.15, 0.2) is 206 Å². The molecule has 0 amide bonds. The molecule has 0 bridgehead atoms. The van der Waals surface area contributed by atoms with Crippen LogP contribution in [0.5, 0.6) is 0 Å². The van der Waals surface area contributed by atoms with E-state index in [0.29, 0.717) is 5.92 Å². The van der Waals surface area contributed by atoms with E-state index in [0.717, 1.165) is 6.42 Å². The number of nitrogens with zero attached hydrogens (tertiary/aromatic N) is 1. The molecule has 13 rings (SSSR count). The van der Waals surface area contributed by atoms with Gasteiger partial charge < -0.3 is 4.57 Å². The number of hydrogen-bond acceptors (Lipinski definition) is 1. The number of rotatable bonds is 5. The van der Waals surface area contributed by atoms with E-state index < -0.39 is 0 Å². The first-order chi connectivity index (χ1) is 29.7. The molecule has 11 aromatic rings. The van der Waals surface area contributed by atoms with Gasteiger partial charge in [-0.15, -0.1) is 11.3 Å². The number of aromatic nitrogens is 1. The maximum absolute atomic E-state index is 2.50. The van der Waals surface area contributed by atoms with Gasteiger partial charge >= 0.3 is 0 Å². The van der Waals surface area contributed by atoms with Crippen LogP contribution in [-0.4, -0.2) is 4.57 Å². The lowest BCUT2D eigenvalue weighted by Crippen LogP contribution is -2.20. The molecule has 0 N–H and O–H groups in total. The third kappa shape index (κ3) is 5.11. The van der Waals surface area contributed by atoms with Crippen LogP contribution < -0.4 is 0 Å². The summed E-state index contributed by atoms with van der Waals surface area (Å²) in [7, 11) is 0. The Hall–Kier alpha value is -7.00. The fourth-order valence-electron chi connectivity index (χ4n) is 10.8. The summed E-state index contributed by atoms with van der Waals surface area (Å²) in [6.45, 7) is 0. The Morgan fingerprint density at radius 2 is 1.08 bits per heavy atom. The molecular formula is C58H39NS. The normalized spacial score (nSPS) is 16.8. The van der Waals surface area contributed by atoms with Crippen molar-refractivity contribution in [3.05, 3.63) is 223 Å². The van der Waals surface area contributed by atoms with Crippen molar-refractivity contribution in [3.63, 3.8) is 0 Å². The summed E-state index contributed by atoms with van der Waals surface area (Å²) < 4.78 is 5.13. The zero-order valence-corrected chi connectivity index (χ0v) is 33.8. The lowest BCUT2D eigenvalue weighted by molar-refractivity contribution is 0.652. The fourth-order valence-corrected chi connectivity index (χ4v) is 11.9. The van der Waals surface area contributed by atoms with E-state index in [1.54, 1.807) is 0 Å². The topological polar surface area (TPSA) is 4.93 Å². The highest BCUT2D eigenvalue weighted by Crippen LogP contribution is 2.66. The molecular weight excluding hydrogens is 743 g/mol.